The van der Waals surface area contributed by atoms with Crippen LogP contribution in [0.4, 0.5) is 0 Å². The van der Waals surface area contributed by atoms with Gasteiger partial charge in [-0.2, -0.15) is 0 Å². The molecule has 3 aliphatic rings. The Hall–Kier alpha value is -1.93. The van der Waals surface area contributed by atoms with E-state index in [-0.39, 0.29) is 0 Å². The molecule has 0 aliphatic carbocycles. The van der Waals surface area contributed by atoms with Gasteiger partial charge in [0, 0.05) is 17.5 Å². The molecule has 0 spiro atoms. The average Bonchev–Trinajstić information content (AvgIpc) is 2.68. The average molecular weight is 318 g/mol. The first-order valence-corrected chi connectivity index (χ1v) is 9.20. The van der Waals surface area contributed by atoms with E-state index in [0.717, 1.165) is 6.54 Å². The van der Waals surface area contributed by atoms with Crippen molar-refractivity contribution in [3.63, 3.8) is 0 Å². The van der Waals surface area contributed by atoms with Gasteiger partial charge in [-0.05, 0) is 37.1 Å². The second-order valence-electron chi connectivity index (χ2n) is 7.18. The van der Waals surface area contributed by atoms with Gasteiger partial charge in [0.25, 0.3) is 0 Å². The summed E-state index contributed by atoms with van der Waals surface area (Å²) in [6.07, 6.45) is 2.57. The Labute approximate surface area is 145 Å². The van der Waals surface area contributed by atoms with Crippen LogP contribution in [0.15, 0.2) is 65.7 Å². The smallest absolute Gasteiger partial charge is 0.0639 e. The molecule has 2 atom stereocenters. The van der Waals surface area contributed by atoms with E-state index in [2.05, 4.69) is 72.5 Å². The molecule has 0 radical (unpaired) electrons. The zero-order valence-corrected chi connectivity index (χ0v) is 14.4. The number of rotatable bonds is 4. The molecule has 5 rings (SSSR count). The Bertz CT molecular complexity index is 684. The van der Waals surface area contributed by atoms with Crippen molar-refractivity contribution in [3.8, 4) is 0 Å². The van der Waals surface area contributed by atoms with Crippen LogP contribution in [0.5, 0.6) is 0 Å². The maximum absolute atomic E-state index is 5.14. The zero-order valence-electron chi connectivity index (χ0n) is 14.4. The SMILES string of the molecule is CC(c1ccccc1)C1C(=NCc2ccccc2)C2CCN1CC2. The predicted molar refractivity (Wildman–Crippen MR) is 101 cm³/mol. The quantitative estimate of drug-likeness (QED) is 0.809. The third kappa shape index (κ3) is 3.03. The Morgan fingerprint density at radius 3 is 2.25 bits per heavy atom. The largest absolute Gasteiger partial charge is 0.294 e. The molecule has 3 fully saturated rings. The van der Waals surface area contributed by atoms with Crippen molar-refractivity contribution in [2.45, 2.75) is 38.3 Å². The molecule has 3 heterocycles. The van der Waals surface area contributed by atoms with Gasteiger partial charge in [0.15, 0.2) is 0 Å². The molecule has 0 N–H and O–H groups in total. The predicted octanol–water partition coefficient (Wildman–Crippen LogP) is 4.53. The Morgan fingerprint density at radius 1 is 0.958 bits per heavy atom. The third-order valence-electron chi connectivity index (χ3n) is 5.73. The van der Waals surface area contributed by atoms with E-state index < -0.39 is 0 Å². The van der Waals surface area contributed by atoms with Crippen LogP contribution >= 0.6 is 0 Å². The van der Waals surface area contributed by atoms with Gasteiger partial charge in [-0.3, -0.25) is 9.89 Å². The summed E-state index contributed by atoms with van der Waals surface area (Å²) in [5, 5.41) is 0. The normalized spacial score (nSPS) is 28.9. The fourth-order valence-electron chi connectivity index (χ4n) is 4.40. The van der Waals surface area contributed by atoms with Crippen molar-refractivity contribution >= 4 is 5.71 Å². The second-order valence-corrected chi connectivity index (χ2v) is 7.18. The molecule has 0 amide bonds. The lowest BCUT2D eigenvalue weighted by molar-refractivity contribution is 0.132. The van der Waals surface area contributed by atoms with Crippen LogP contribution in [0.2, 0.25) is 0 Å². The first-order chi connectivity index (χ1) is 11.8. The number of hydrogen-bond acceptors (Lipinski definition) is 2. The van der Waals surface area contributed by atoms with Crippen molar-refractivity contribution in [2.75, 3.05) is 13.1 Å². The molecule has 2 bridgehead atoms. The van der Waals surface area contributed by atoms with Gasteiger partial charge in [-0.1, -0.05) is 67.6 Å². The minimum Gasteiger partial charge on any atom is -0.294 e. The molecule has 2 heteroatoms. The molecular weight excluding hydrogens is 292 g/mol. The molecule has 0 aromatic heterocycles. The molecule has 24 heavy (non-hydrogen) atoms. The summed E-state index contributed by atoms with van der Waals surface area (Å²) in [7, 11) is 0. The molecule has 124 valence electrons. The second kappa shape index (κ2) is 6.90. The molecule has 2 nitrogen and oxygen atoms in total. The summed E-state index contributed by atoms with van der Waals surface area (Å²) in [5.74, 6) is 1.19. The summed E-state index contributed by atoms with van der Waals surface area (Å²) in [5.41, 5.74) is 4.20. The van der Waals surface area contributed by atoms with E-state index in [4.69, 9.17) is 4.99 Å². The van der Waals surface area contributed by atoms with Crippen LogP contribution in [-0.4, -0.2) is 29.7 Å². The van der Waals surface area contributed by atoms with Gasteiger partial charge in [0.05, 0.1) is 12.6 Å². The fraction of sp³-hybridized carbons (Fsp3) is 0.409. The summed E-state index contributed by atoms with van der Waals surface area (Å²) in [6.45, 7) is 5.66. The lowest BCUT2D eigenvalue weighted by Crippen LogP contribution is -2.57. The summed E-state index contributed by atoms with van der Waals surface area (Å²) < 4.78 is 0. The molecule has 2 unspecified atom stereocenters. The molecule has 3 saturated heterocycles. The van der Waals surface area contributed by atoms with E-state index in [1.807, 2.05) is 0 Å². The lowest BCUT2D eigenvalue weighted by atomic mass is 9.75. The third-order valence-corrected chi connectivity index (χ3v) is 5.73. The monoisotopic (exact) mass is 318 g/mol. The van der Waals surface area contributed by atoms with Gasteiger partial charge in [0.2, 0.25) is 0 Å². The van der Waals surface area contributed by atoms with Crippen molar-refractivity contribution < 1.29 is 0 Å². The summed E-state index contributed by atoms with van der Waals surface area (Å²) in [4.78, 5) is 7.81. The van der Waals surface area contributed by atoms with Crippen molar-refractivity contribution in [1.29, 1.82) is 0 Å². The minimum absolute atomic E-state index is 0.476. The van der Waals surface area contributed by atoms with Crippen LogP contribution in [0.1, 0.15) is 36.8 Å². The highest BCUT2D eigenvalue weighted by atomic mass is 15.2. The topological polar surface area (TPSA) is 15.6 Å². The molecule has 0 saturated carbocycles. The van der Waals surface area contributed by atoms with Gasteiger partial charge < -0.3 is 0 Å². The van der Waals surface area contributed by atoms with Crippen molar-refractivity contribution in [1.82, 2.24) is 4.90 Å². The first-order valence-electron chi connectivity index (χ1n) is 9.20. The van der Waals surface area contributed by atoms with Crippen LogP contribution in [0.25, 0.3) is 0 Å². The Kier molecular flexibility index (Phi) is 4.48. The van der Waals surface area contributed by atoms with E-state index in [1.54, 1.807) is 0 Å². The summed E-state index contributed by atoms with van der Waals surface area (Å²) in [6, 6.07) is 22.1. The number of piperidine rings is 3. The van der Waals surface area contributed by atoms with Crippen LogP contribution in [0.3, 0.4) is 0 Å². The maximum atomic E-state index is 5.14. The maximum Gasteiger partial charge on any atom is 0.0639 e. The van der Waals surface area contributed by atoms with Crippen molar-refractivity contribution in [3.05, 3.63) is 71.8 Å². The van der Waals surface area contributed by atoms with E-state index in [9.17, 15) is 0 Å². The van der Waals surface area contributed by atoms with E-state index in [0.29, 0.717) is 17.9 Å². The van der Waals surface area contributed by atoms with Crippen LogP contribution in [0, 0.1) is 5.92 Å². The standard InChI is InChI=1S/C22H26N2/c1-17(19-10-6-3-7-11-19)22-21(20-12-14-24(22)15-13-20)23-16-18-8-4-2-5-9-18/h2-11,17,20,22H,12-16H2,1H3. The highest BCUT2D eigenvalue weighted by Gasteiger charge is 2.41. The number of hydrogen-bond donors (Lipinski definition) is 0. The van der Waals surface area contributed by atoms with Gasteiger partial charge in [0.1, 0.15) is 0 Å². The first kappa shape index (κ1) is 15.6. The minimum atomic E-state index is 0.476. The molecule has 2 aromatic rings. The molecular formula is C22H26N2. The fourth-order valence-corrected chi connectivity index (χ4v) is 4.40. The van der Waals surface area contributed by atoms with Gasteiger partial charge in [-0.15, -0.1) is 0 Å². The van der Waals surface area contributed by atoms with E-state index in [1.165, 1.54) is 42.8 Å². The van der Waals surface area contributed by atoms with E-state index >= 15 is 0 Å². The molecule has 3 aliphatic heterocycles. The van der Waals surface area contributed by atoms with Crippen molar-refractivity contribution in [2.24, 2.45) is 10.9 Å². The van der Waals surface area contributed by atoms with Crippen LogP contribution in [-0.2, 0) is 6.54 Å². The van der Waals surface area contributed by atoms with Gasteiger partial charge in [-0.25, -0.2) is 0 Å². The lowest BCUT2D eigenvalue weighted by Gasteiger charge is -2.49. The number of fused-ring (bicyclic) bond motifs is 3. The Balaban J connectivity index is 1.62. The zero-order chi connectivity index (χ0) is 16.4. The van der Waals surface area contributed by atoms with Crippen LogP contribution < -0.4 is 0 Å². The highest BCUT2D eigenvalue weighted by Crippen LogP contribution is 2.37. The number of benzene rings is 2. The summed E-state index contributed by atoms with van der Waals surface area (Å²) >= 11 is 0. The molecule has 2 aromatic carbocycles. The Morgan fingerprint density at radius 2 is 1.58 bits per heavy atom. The number of nitrogens with zero attached hydrogens (tertiary/aromatic N) is 2. The van der Waals surface area contributed by atoms with Gasteiger partial charge >= 0.3 is 0 Å². The highest BCUT2D eigenvalue weighted by molar-refractivity contribution is 5.94. The number of aliphatic imine (C=N–C) groups is 1.